The lowest BCUT2D eigenvalue weighted by molar-refractivity contribution is 0.0696. The zero-order valence-corrected chi connectivity index (χ0v) is 13.4. The molecule has 0 aromatic heterocycles. The fourth-order valence-corrected chi connectivity index (χ4v) is 2.67. The summed E-state index contributed by atoms with van der Waals surface area (Å²) in [7, 11) is 0. The standard InChI is InChI=1S/C10H13N.C9H10O2/c1-8-6-9-4-2-3-5-10(9)7-11-8;1-6-3-4-8(9(10)11)7(2)5-6/h2-5,8,11H,6-7H2,1H3;3-5H,1-2H3,(H,10,11). The average molecular weight is 297 g/mol. The lowest BCUT2D eigenvalue weighted by Gasteiger charge is -2.22. The van der Waals surface area contributed by atoms with Gasteiger partial charge in [0, 0.05) is 12.6 Å². The molecule has 2 N–H and O–H groups in total. The molecule has 1 aliphatic heterocycles. The molecule has 0 radical (unpaired) electrons. The van der Waals surface area contributed by atoms with E-state index in [1.54, 1.807) is 19.1 Å². The van der Waals surface area contributed by atoms with Gasteiger partial charge in [-0.25, -0.2) is 4.79 Å². The van der Waals surface area contributed by atoms with Crippen molar-refractivity contribution in [2.24, 2.45) is 0 Å². The Morgan fingerprint density at radius 2 is 1.82 bits per heavy atom. The summed E-state index contributed by atoms with van der Waals surface area (Å²) in [4.78, 5) is 10.5. The highest BCUT2D eigenvalue weighted by molar-refractivity contribution is 5.89. The Balaban J connectivity index is 0.000000160. The number of nitrogens with one attached hydrogen (secondary N) is 1. The SMILES string of the molecule is CC1Cc2ccccc2CN1.Cc1ccc(C(=O)O)c(C)c1. The highest BCUT2D eigenvalue weighted by Crippen LogP contribution is 2.15. The highest BCUT2D eigenvalue weighted by Gasteiger charge is 2.12. The van der Waals surface area contributed by atoms with Crippen molar-refractivity contribution in [2.75, 3.05) is 0 Å². The Labute approximate surface area is 132 Å². The van der Waals surface area contributed by atoms with Gasteiger partial charge in [-0.1, -0.05) is 42.0 Å². The first-order chi connectivity index (χ1) is 10.5. The third-order valence-electron chi connectivity index (χ3n) is 3.90. The summed E-state index contributed by atoms with van der Waals surface area (Å²) in [6, 6.07) is 14.6. The predicted octanol–water partition coefficient (Wildman–Crippen LogP) is 3.72. The van der Waals surface area contributed by atoms with E-state index in [9.17, 15) is 4.79 Å². The number of fused-ring (bicyclic) bond motifs is 1. The molecule has 0 saturated carbocycles. The third-order valence-corrected chi connectivity index (χ3v) is 3.90. The number of aryl methyl sites for hydroxylation is 2. The Kier molecular flexibility index (Phi) is 5.34. The molecule has 2 aromatic rings. The van der Waals surface area contributed by atoms with Crippen LogP contribution in [0.15, 0.2) is 42.5 Å². The zero-order valence-electron chi connectivity index (χ0n) is 13.4. The Bertz CT molecular complexity index is 664. The van der Waals surface area contributed by atoms with Gasteiger partial charge in [0.2, 0.25) is 0 Å². The summed E-state index contributed by atoms with van der Waals surface area (Å²) >= 11 is 0. The van der Waals surface area contributed by atoms with E-state index in [1.807, 2.05) is 13.0 Å². The lowest BCUT2D eigenvalue weighted by atomic mass is 9.97. The van der Waals surface area contributed by atoms with Crippen molar-refractivity contribution in [3.8, 4) is 0 Å². The summed E-state index contributed by atoms with van der Waals surface area (Å²) in [6.45, 7) is 7.02. The van der Waals surface area contributed by atoms with Crippen LogP contribution in [-0.4, -0.2) is 17.1 Å². The number of aromatic carboxylic acids is 1. The second kappa shape index (κ2) is 7.23. The smallest absolute Gasteiger partial charge is 0.335 e. The van der Waals surface area contributed by atoms with Crippen LogP contribution in [0.25, 0.3) is 0 Å². The number of hydrogen-bond acceptors (Lipinski definition) is 2. The number of rotatable bonds is 1. The summed E-state index contributed by atoms with van der Waals surface area (Å²) in [6.07, 6.45) is 1.18. The van der Waals surface area contributed by atoms with E-state index >= 15 is 0 Å². The molecule has 1 unspecified atom stereocenters. The molecule has 0 bridgehead atoms. The lowest BCUT2D eigenvalue weighted by Crippen LogP contribution is -2.32. The summed E-state index contributed by atoms with van der Waals surface area (Å²) in [5.41, 5.74) is 5.27. The maximum Gasteiger partial charge on any atom is 0.335 e. The second-order valence-electron chi connectivity index (χ2n) is 5.88. The number of hydrogen-bond donors (Lipinski definition) is 2. The van der Waals surface area contributed by atoms with Gasteiger partial charge in [0.25, 0.3) is 0 Å². The molecule has 1 heterocycles. The van der Waals surface area contributed by atoms with Crippen molar-refractivity contribution in [3.63, 3.8) is 0 Å². The number of carboxylic acid groups (broad SMARTS) is 1. The van der Waals surface area contributed by atoms with E-state index in [0.717, 1.165) is 17.7 Å². The van der Waals surface area contributed by atoms with Crippen molar-refractivity contribution >= 4 is 5.97 Å². The first kappa shape index (κ1) is 16.2. The van der Waals surface area contributed by atoms with Crippen molar-refractivity contribution in [1.29, 1.82) is 0 Å². The van der Waals surface area contributed by atoms with Crippen LogP contribution >= 0.6 is 0 Å². The minimum atomic E-state index is -0.859. The summed E-state index contributed by atoms with van der Waals surface area (Å²) in [5.74, 6) is -0.859. The first-order valence-corrected chi connectivity index (χ1v) is 7.58. The normalized spacial score (nSPS) is 16.2. The number of carbonyl (C=O) groups is 1. The minimum Gasteiger partial charge on any atom is -0.478 e. The van der Waals surface area contributed by atoms with E-state index in [4.69, 9.17) is 5.11 Å². The van der Waals surface area contributed by atoms with Gasteiger partial charge in [-0.2, -0.15) is 0 Å². The van der Waals surface area contributed by atoms with Crippen molar-refractivity contribution < 1.29 is 9.90 Å². The van der Waals surface area contributed by atoms with Gasteiger partial charge in [0.15, 0.2) is 0 Å². The van der Waals surface area contributed by atoms with Gasteiger partial charge >= 0.3 is 5.97 Å². The van der Waals surface area contributed by atoms with E-state index in [1.165, 1.54) is 17.5 Å². The van der Waals surface area contributed by atoms with Crippen LogP contribution in [0.1, 0.15) is 39.5 Å². The molecule has 3 heteroatoms. The van der Waals surface area contributed by atoms with Gasteiger partial charge in [-0.3, -0.25) is 0 Å². The van der Waals surface area contributed by atoms with E-state index in [2.05, 4.69) is 36.5 Å². The fraction of sp³-hybridized carbons (Fsp3) is 0.316. The molecule has 1 aliphatic rings. The molecular formula is C19H23NO2. The largest absolute Gasteiger partial charge is 0.478 e. The zero-order chi connectivity index (χ0) is 16.1. The molecule has 116 valence electrons. The van der Waals surface area contributed by atoms with Crippen LogP contribution in [0.3, 0.4) is 0 Å². The minimum absolute atomic E-state index is 0.385. The second-order valence-corrected chi connectivity index (χ2v) is 5.88. The van der Waals surface area contributed by atoms with Gasteiger partial charge in [0.1, 0.15) is 0 Å². The predicted molar refractivity (Wildman–Crippen MR) is 89.3 cm³/mol. The molecular weight excluding hydrogens is 274 g/mol. The Morgan fingerprint density at radius 3 is 2.45 bits per heavy atom. The third kappa shape index (κ3) is 4.18. The molecule has 0 spiro atoms. The van der Waals surface area contributed by atoms with Gasteiger partial charge in [0.05, 0.1) is 5.56 Å². The van der Waals surface area contributed by atoms with Crippen LogP contribution < -0.4 is 5.32 Å². The maximum atomic E-state index is 10.5. The Morgan fingerprint density at radius 1 is 1.14 bits per heavy atom. The van der Waals surface area contributed by atoms with E-state index in [-0.39, 0.29) is 0 Å². The van der Waals surface area contributed by atoms with Crippen LogP contribution in [-0.2, 0) is 13.0 Å². The van der Waals surface area contributed by atoms with Crippen molar-refractivity contribution in [1.82, 2.24) is 5.32 Å². The maximum absolute atomic E-state index is 10.5. The molecule has 3 rings (SSSR count). The summed E-state index contributed by atoms with van der Waals surface area (Å²) < 4.78 is 0. The van der Waals surface area contributed by atoms with Gasteiger partial charge < -0.3 is 10.4 Å². The molecule has 1 atom stereocenters. The van der Waals surface area contributed by atoms with Gasteiger partial charge in [-0.15, -0.1) is 0 Å². The quantitative estimate of drug-likeness (QED) is 0.843. The van der Waals surface area contributed by atoms with Crippen LogP contribution in [0.2, 0.25) is 0 Å². The van der Waals surface area contributed by atoms with Crippen molar-refractivity contribution in [3.05, 3.63) is 70.3 Å². The van der Waals surface area contributed by atoms with Crippen LogP contribution in [0.4, 0.5) is 0 Å². The van der Waals surface area contributed by atoms with E-state index in [0.29, 0.717) is 11.6 Å². The molecule has 3 nitrogen and oxygen atoms in total. The topological polar surface area (TPSA) is 49.3 Å². The van der Waals surface area contributed by atoms with Gasteiger partial charge in [-0.05, 0) is 49.9 Å². The molecule has 22 heavy (non-hydrogen) atoms. The highest BCUT2D eigenvalue weighted by atomic mass is 16.4. The average Bonchev–Trinajstić information content (AvgIpc) is 2.47. The van der Waals surface area contributed by atoms with Crippen molar-refractivity contribution in [2.45, 2.75) is 39.8 Å². The summed E-state index contributed by atoms with van der Waals surface area (Å²) in [5, 5.41) is 12.1. The molecule has 0 amide bonds. The number of carboxylic acids is 1. The fourth-order valence-electron chi connectivity index (χ4n) is 2.67. The number of benzene rings is 2. The van der Waals surface area contributed by atoms with Crippen LogP contribution in [0, 0.1) is 13.8 Å². The Hall–Kier alpha value is -2.13. The molecule has 0 aliphatic carbocycles. The van der Waals surface area contributed by atoms with E-state index < -0.39 is 5.97 Å². The first-order valence-electron chi connectivity index (χ1n) is 7.58. The molecule has 0 fully saturated rings. The van der Waals surface area contributed by atoms with Crippen LogP contribution in [0.5, 0.6) is 0 Å². The molecule has 0 saturated heterocycles. The monoisotopic (exact) mass is 297 g/mol. The molecule has 2 aromatic carbocycles.